The molecular weight excluding hydrogens is 363 g/mol. The number of carbonyl (C=O) groups is 1. The number of para-hydroxylation sites is 1. The van der Waals surface area contributed by atoms with Crippen LogP contribution in [0.4, 0.5) is 13.2 Å². The van der Waals surface area contributed by atoms with E-state index >= 15 is 0 Å². The molecular formula is C19H20F3NO4. The first-order chi connectivity index (χ1) is 12.7. The van der Waals surface area contributed by atoms with E-state index in [1.165, 1.54) is 37.3 Å². The normalized spacial score (nSPS) is 11.0. The highest BCUT2D eigenvalue weighted by Crippen LogP contribution is 2.28. The van der Waals surface area contributed by atoms with Gasteiger partial charge in [0.1, 0.15) is 5.75 Å². The second kappa shape index (κ2) is 8.66. The van der Waals surface area contributed by atoms with Crippen molar-refractivity contribution >= 4 is 5.91 Å². The Bertz CT molecular complexity index is 793. The number of carbonyl (C=O) groups excluding carboxylic acids is 1. The van der Waals surface area contributed by atoms with Gasteiger partial charge in [-0.25, -0.2) is 0 Å². The summed E-state index contributed by atoms with van der Waals surface area (Å²) < 4.78 is 52.2. The molecule has 0 heterocycles. The minimum Gasteiger partial charge on any atom is -0.493 e. The maximum absolute atomic E-state index is 12.5. The number of likely N-dealkylation sites (N-methyl/N-ethyl adjacent to an activating group) is 1. The van der Waals surface area contributed by atoms with Crippen LogP contribution in [-0.2, 0) is 11.3 Å². The van der Waals surface area contributed by atoms with Crippen LogP contribution in [0, 0.1) is 6.92 Å². The summed E-state index contributed by atoms with van der Waals surface area (Å²) in [7, 11) is 2.97. The zero-order chi connectivity index (χ0) is 20.0. The van der Waals surface area contributed by atoms with Gasteiger partial charge in [-0.3, -0.25) is 4.79 Å². The fourth-order valence-electron chi connectivity index (χ4n) is 2.35. The summed E-state index contributed by atoms with van der Waals surface area (Å²) in [5.74, 6) is 0.158. The zero-order valence-electron chi connectivity index (χ0n) is 15.2. The fourth-order valence-corrected chi connectivity index (χ4v) is 2.35. The van der Waals surface area contributed by atoms with E-state index in [-0.39, 0.29) is 24.5 Å². The second-order valence-corrected chi connectivity index (χ2v) is 5.85. The Morgan fingerprint density at radius 2 is 1.78 bits per heavy atom. The maximum Gasteiger partial charge on any atom is 0.573 e. The van der Waals surface area contributed by atoms with E-state index in [0.717, 1.165) is 5.56 Å². The van der Waals surface area contributed by atoms with Gasteiger partial charge < -0.3 is 19.1 Å². The van der Waals surface area contributed by atoms with E-state index in [4.69, 9.17) is 9.47 Å². The third kappa shape index (κ3) is 6.09. The van der Waals surface area contributed by atoms with Crippen LogP contribution in [0.5, 0.6) is 17.2 Å². The SMILES string of the molecule is COc1cc(C)ccc1OCC(=O)N(C)Cc1ccccc1OC(F)(F)F. The van der Waals surface area contributed by atoms with Crippen LogP contribution in [0.1, 0.15) is 11.1 Å². The average Bonchev–Trinajstić information content (AvgIpc) is 2.60. The van der Waals surface area contributed by atoms with Gasteiger partial charge in [0.15, 0.2) is 18.1 Å². The highest BCUT2D eigenvalue weighted by atomic mass is 19.4. The van der Waals surface area contributed by atoms with Gasteiger partial charge in [0.05, 0.1) is 7.11 Å². The number of ether oxygens (including phenoxy) is 3. The number of hydrogen-bond acceptors (Lipinski definition) is 4. The minimum atomic E-state index is -4.80. The van der Waals surface area contributed by atoms with E-state index in [0.29, 0.717) is 11.5 Å². The Kier molecular flexibility index (Phi) is 6.55. The molecule has 1 amide bonds. The van der Waals surface area contributed by atoms with Crippen molar-refractivity contribution in [3.63, 3.8) is 0 Å². The Hall–Kier alpha value is -2.90. The monoisotopic (exact) mass is 383 g/mol. The molecule has 0 unspecified atom stereocenters. The van der Waals surface area contributed by atoms with Gasteiger partial charge >= 0.3 is 6.36 Å². The summed E-state index contributed by atoms with van der Waals surface area (Å²) in [6.45, 7) is 1.56. The standard InChI is InChI=1S/C19H20F3NO4/c1-13-8-9-16(17(10-13)25-3)26-12-18(24)23(2)11-14-6-4-5-7-15(14)27-19(20,21)22/h4-10H,11-12H2,1-3H3. The van der Waals surface area contributed by atoms with Gasteiger partial charge in [-0.05, 0) is 30.7 Å². The van der Waals surface area contributed by atoms with Gasteiger partial charge in [0, 0.05) is 19.2 Å². The zero-order valence-corrected chi connectivity index (χ0v) is 15.2. The lowest BCUT2D eigenvalue weighted by Gasteiger charge is -2.20. The number of rotatable bonds is 7. The number of amides is 1. The van der Waals surface area contributed by atoms with Crippen molar-refractivity contribution in [2.45, 2.75) is 19.8 Å². The van der Waals surface area contributed by atoms with Crippen molar-refractivity contribution in [3.05, 3.63) is 53.6 Å². The molecule has 0 N–H and O–H groups in total. The number of aryl methyl sites for hydroxylation is 1. The molecule has 0 aliphatic heterocycles. The lowest BCUT2D eigenvalue weighted by molar-refractivity contribution is -0.275. The summed E-state index contributed by atoms with van der Waals surface area (Å²) in [4.78, 5) is 13.5. The van der Waals surface area contributed by atoms with Crippen molar-refractivity contribution in [2.75, 3.05) is 20.8 Å². The Balaban J connectivity index is 2.01. The molecule has 0 spiro atoms. The molecule has 0 aliphatic carbocycles. The third-order valence-electron chi connectivity index (χ3n) is 3.70. The van der Waals surface area contributed by atoms with Gasteiger partial charge in [0.25, 0.3) is 5.91 Å². The predicted molar refractivity (Wildman–Crippen MR) is 92.8 cm³/mol. The van der Waals surface area contributed by atoms with E-state index in [2.05, 4.69) is 4.74 Å². The van der Waals surface area contributed by atoms with Gasteiger partial charge in [-0.15, -0.1) is 13.2 Å². The van der Waals surface area contributed by atoms with Gasteiger partial charge in [-0.2, -0.15) is 0 Å². The van der Waals surface area contributed by atoms with Crippen molar-refractivity contribution in [1.29, 1.82) is 0 Å². The van der Waals surface area contributed by atoms with Gasteiger partial charge in [0.2, 0.25) is 0 Å². The summed E-state index contributed by atoms with van der Waals surface area (Å²) in [5.41, 5.74) is 1.21. The highest BCUT2D eigenvalue weighted by molar-refractivity contribution is 5.77. The van der Waals surface area contributed by atoms with Crippen molar-refractivity contribution in [2.24, 2.45) is 0 Å². The van der Waals surface area contributed by atoms with Gasteiger partial charge in [-0.1, -0.05) is 24.3 Å². The molecule has 0 aliphatic rings. The van der Waals surface area contributed by atoms with E-state index in [9.17, 15) is 18.0 Å². The predicted octanol–water partition coefficient (Wildman–Crippen LogP) is 3.94. The van der Waals surface area contributed by atoms with Crippen molar-refractivity contribution in [3.8, 4) is 17.2 Å². The second-order valence-electron chi connectivity index (χ2n) is 5.85. The van der Waals surface area contributed by atoms with E-state index in [1.807, 2.05) is 13.0 Å². The van der Waals surface area contributed by atoms with Crippen LogP contribution >= 0.6 is 0 Å². The molecule has 5 nitrogen and oxygen atoms in total. The van der Waals surface area contributed by atoms with Crippen LogP contribution in [0.3, 0.4) is 0 Å². The van der Waals surface area contributed by atoms with Crippen molar-refractivity contribution < 1.29 is 32.2 Å². The lowest BCUT2D eigenvalue weighted by Crippen LogP contribution is -2.31. The molecule has 27 heavy (non-hydrogen) atoms. The first-order valence-corrected chi connectivity index (χ1v) is 8.04. The summed E-state index contributed by atoms with van der Waals surface area (Å²) in [6, 6.07) is 11.0. The minimum absolute atomic E-state index is 0.0561. The topological polar surface area (TPSA) is 48.0 Å². The largest absolute Gasteiger partial charge is 0.573 e. The summed E-state index contributed by atoms with van der Waals surface area (Å²) in [5, 5.41) is 0. The number of alkyl halides is 3. The fraction of sp³-hybridized carbons (Fsp3) is 0.316. The molecule has 146 valence electrons. The molecule has 8 heteroatoms. The number of methoxy groups -OCH3 is 1. The maximum atomic E-state index is 12.5. The van der Waals surface area contributed by atoms with Crippen LogP contribution in [0.2, 0.25) is 0 Å². The number of benzene rings is 2. The van der Waals surface area contributed by atoms with Crippen LogP contribution < -0.4 is 14.2 Å². The van der Waals surface area contributed by atoms with E-state index in [1.54, 1.807) is 18.2 Å². The Morgan fingerprint density at radius 1 is 1.07 bits per heavy atom. The molecule has 2 aromatic carbocycles. The Morgan fingerprint density at radius 3 is 2.44 bits per heavy atom. The molecule has 0 saturated carbocycles. The summed E-state index contributed by atoms with van der Waals surface area (Å²) in [6.07, 6.45) is -4.80. The molecule has 0 bridgehead atoms. The first-order valence-electron chi connectivity index (χ1n) is 8.04. The molecule has 0 radical (unpaired) electrons. The molecule has 0 saturated heterocycles. The molecule has 0 fully saturated rings. The molecule has 0 aromatic heterocycles. The van der Waals surface area contributed by atoms with Crippen LogP contribution in [0.25, 0.3) is 0 Å². The summed E-state index contributed by atoms with van der Waals surface area (Å²) >= 11 is 0. The molecule has 0 atom stereocenters. The average molecular weight is 383 g/mol. The van der Waals surface area contributed by atoms with E-state index < -0.39 is 12.3 Å². The lowest BCUT2D eigenvalue weighted by atomic mass is 10.2. The number of halogens is 3. The third-order valence-corrected chi connectivity index (χ3v) is 3.70. The van der Waals surface area contributed by atoms with Crippen molar-refractivity contribution in [1.82, 2.24) is 4.90 Å². The van der Waals surface area contributed by atoms with Crippen LogP contribution in [0.15, 0.2) is 42.5 Å². The first kappa shape index (κ1) is 20.4. The smallest absolute Gasteiger partial charge is 0.493 e. The molecule has 2 aromatic rings. The van der Waals surface area contributed by atoms with Crippen LogP contribution in [-0.4, -0.2) is 37.9 Å². The highest BCUT2D eigenvalue weighted by Gasteiger charge is 2.32. The number of nitrogens with zero attached hydrogens (tertiary/aromatic N) is 1. The molecule has 2 rings (SSSR count). The number of hydrogen-bond donors (Lipinski definition) is 0. The Labute approximate surface area is 155 Å². The quantitative estimate of drug-likeness (QED) is 0.727.